The summed E-state index contributed by atoms with van der Waals surface area (Å²) in [5, 5.41) is 9.29. The van der Waals surface area contributed by atoms with Crippen molar-refractivity contribution in [3.8, 4) is 6.07 Å². The third-order valence-electron chi connectivity index (χ3n) is 2.30. The van der Waals surface area contributed by atoms with E-state index in [1.54, 1.807) is 19.9 Å². The summed E-state index contributed by atoms with van der Waals surface area (Å²) in [5.41, 5.74) is -0.0624. The number of hydrogen-bond donors (Lipinski definition) is 0. The fraction of sp³-hybridized carbons (Fsp3) is 0.500. The van der Waals surface area contributed by atoms with Crippen LogP contribution in [0.15, 0.2) is 12.4 Å². The molecule has 0 aliphatic carbocycles. The van der Waals surface area contributed by atoms with Gasteiger partial charge in [-0.15, -0.1) is 13.2 Å². The van der Waals surface area contributed by atoms with Crippen LogP contribution in [0.4, 0.5) is 13.2 Å². The molecule has 1 rings (SSSR count). The number of rotatable bonds is 2. The van der Waals surface area contributed by atoms with Crippen molar-refractivity contribution in [1.29, 1.82) is 5.26 Å². The Hall–Kier alpha value is -0.960. The molecule has 1 heterocycles. The number of halogens is 4. The van der Waals surface area contributed by atoms with Crippen LogP contribution in [0, 0.1) is 11.3 Å². The number of alkyl halides is 4. The van der Waals surface area contributed by atoms with E-state index in [0.29, 0.717) is 10.9 Å². The van der Waals surface area contributed by atoms with Gasteiger partial charge in [-0.25, -0.2) is 0 Å². The first-order valence-electron chi connectivity index (χ1n) is 4.48. The Morgan fingerprint density at radius 3 is 2.31 bits per heavy atom. The van der Waals surface area contributed by atoms with Crippen LogP contribution in [0.2, 0.25) is 0 Å². The third-order valence-corrected chi connectivity index (χ3v) is 3.70. The molecule has 0 N–H and O–H groups in total. The molecular weight excluding hydrogens is 285 g/mol. The monoisotopic (exact) mass is 294 g/mol. The fourth-order valence-electron chi connectivity index (χ4n) is 1.30. The SMILES string of the molecule is CC(C)(CBr)c1cn(C(F)(F)F)cc1C#N. The molecule has 0 radical (unpaired) electrons. The molecule has 2 nitrogen and oxygen atoms in total. The zero-order valence-corrected chi connectivity index (χ0v) is 10.4. The molecule has 0 fully saturated rings. The highest BCUT2D eigenvalue weighted by Crippen LogP contribution is 2.32. The minimum Gasteiger partial charge on any atom is -0.265 e. The highest BCUT2D eigenvalue weighted by atomic mass is 79.9. The minimum absolute atomic E-state index is 0.0572. The van der Waals surface area contributed by atoms with Gasteiger partial charge in [-0.2, -0.15) is 5.26 Å². The Labute approximate surface area is 99.8 Å². The molecule has 16 heavy (non-hydrogen) atoms. The molecule has 0 aliphatic rings. The van der Waals surface area contributed by atoms with Gasteiger partial charge < -0.3 is 0 Å². The lowest BCUT2D eigenvalue weighted by molar-refractivity contribution is -0.203. The first-order valence-corrected chi connectivity index (χ1v) is 5.60. The maximum atomic E-state index is 12.5. The van der Waals surface area contributed by atoms with E-state index in [-0.39, 0.29) is 10.1 Å². The van der Waals surface area contributed by atoms with Crippen LogP contribution in [0.1, 0.15) is 25.0 Å². The van der Waals surface area contributed by atoms with E-state index in [0.717, 1.165) is 12.4 Å². The van der Waals surface area contributed by atoms with E-state index < -0.39 is 11.7 Å². The quantitative estimate of drug-likeness (QED) is 0.768. The molecule has 0 amide bonds. The zero-order valence-electron chi connectivity index (χ0n) is 8.77. The van der Waals surface area contributed by atoms with Crippen molar-refractivity contribution in [2.45, 2.75) is 25.6 Å². The Bertz CT molecular complexity index is 426. The largest absolute Gasteiger partial charge is 0.488 e. The Morgan fingerprint density at radius 2 is 1.94 bits per heavy atom. The lowest BCUT2D eigenvalue weighted by Gasteiger charge is -2.20. The summed E-state index contributed by atoms with van der Waals surface area (Å²) in [6.45, 7) is 3.55. The molecule has 0 spiro atoms. The molecule has 0 atom stereocenters. The molecule has 1 aromatic rings. The first-order chi connectivity index (χ1) is 7.22. The van der Waals surface area contributed by atoms with Gasteiger partial charge in [-0.3, -0.25) is 4.57 Å². The van der Waals surface area contributed by atoms with Gasteiger partial charge in [-0.1, -0.05) is 29.8 Å². The number of aromatic nitrogens is 1. The molecule has 6 heteroatoms. The highest BCUT2D eigenvalue weighted by Gasteiger charge is 2.34. The summed E-state index contributed by atoms with van der Waals surface area (Å²) in [5.74, 6) is 0. The fourth-order valence-corrected chi connectivity index (χ4v) is 1.60. The summed E-state index contributed by atoms with van der Waals surface area (Å²) < 4.78 is 37.5. The number of nitriles is 1. The van der Waals surface area contributed by atoms with Crippen LogP contribution < -0.4 is 0 Å². The van der Waals surface area contributed by atoms with Crippen LogP contribution in [-0.4, -0.2) is 9.90 Å². The lowest BCUT2D eigenvalue weighted by atomic mass is 9.87. The summed E-state index contributed by atoms with van der Waals surface area (Å²) in [6.07, 6.45) is -2.69. The van der Waals surface area contributed by atoms with Crippen LogP contribution >= 0.6 is 15.9 Å². The second-order valence-corrected chi connectivity index (χ2v) is 4.65. The maximum Gasteiger partial charge on any atom is 0.488 e. The van der Waals surface area contributed by atoms with Crippen LogP contribution in [0.25, 0.3) is 0 Å². The molecule has 88 valence electrons. The topological polar surface area (TPSA) is 28.7 Å². The van der Waals surface area contributed by atoms with Crippen molar-refractivity contribution in [1.82, 2.24) is 4.57 Å². The van der Waals surface area contributed by atoms with Crippen molar-refractivity contribution in [2.24, 2.45) is 0 Å². The normalized spacial score (nSPS) is 12.6. The van der Waals surface area contributed by atoms with Gasteiger partial charge in [0, 0.05) is 23.1 Å². The van der Waals surface area contributed by atoms with Crippen molar-refractivity contribution >= 4 is 15.9 Å². The molecule has 0 bridgehead atoms. The maximum absolute atomic E-state index is 12.5. The number of hydrogen-bond acceptors (Lipinski definition) is 1. The van der Waals surface area contributed by atoms with Crippen LogP contribution in [0.3, 0.4) is 0 Å². The van der Waals surface area contributed by atoms with Gasteiger partial charge in [0.1, 0.15) is 6.07 Å². The van der Waals surface area contributed by atoms with Crippen molar-refractivity contribution in [3.05, 3.63) is 23.5 Å². The summed E-state index contributed by atoms with van der Waals surface area (Å²) in [7, 11) is 0. The smallest absolute Gasteiger partial charge is 0.265 e. The van der Waals surface area contributed by atoms with E-state index >= 15 is 0 Å². The average molecular weight is 295 g/mol. The van der Waals surface area contributed by atoms with Gasteiger partial charge in [0.25, 0.3) is 0 Å². The standard InChI is InChI=1S/C10H10BrF3N2/c1-9(2,6-11)8-5-16(10(12,13)14)4-7(8)3-15/h4-5H,6H2,1-2H3. The third kappa shape index (κ3) is 2.40. The van der Waals surface area contributed by atoms with Crippen LogP contribution in [0.5, 0.6) is 0 Å². The van der Waals surface area contributed by atoms with E-state index in [9.17, 15) is 13.2 Å². The predicted molar refractivity (Wildman–Crippen MR) is 57.3 cm³/mol. The van der Waals surface area contributed by atoms with Gasteiger partial charge in [0.2, 0.25) is 0 Å². The Kier molecular flexibility index (Phi) is 3.38. The zero-order chi connectivity index (χ0) is 12.6. The summed E-state index contributed by atoms with van der Waals surface area (Å²) >= 11 is 3.23. The van der Waals surface area contributed by atoms with E-state index in [2.05, 4.69) is 15.9 Å². The molecule has 0 saturated heterocycles. The second-order valence-electron chi connectivity index (χ2n) is 4.09. The second kappa shape index (κ2) is 4.13. The van der Waals surface area contributed by atoms with E-state index in [1.165, 1.54) is 0 Å². The minimum atomic E-state index is -4.48. The molecule has 0 aliphatic heterocycles. The Morgan fingerprint density at radius 1 is 1.38 bits per heavy atom. The predicted octanol–water partition coefficient (Wildman–Crippen LogP) is 3.51. The van der Waals surface area contributed by atoms with Gasteiger partial charge in [0.05, 0.1) is 5.56 Å². The average Bonchev–Trinajstić information content (AvgIpc) is 2.61. The van der Waals surface area contributed by atoms with Crippen molar-refractivity contribution in [2.75, 3.05) is 5.33 Å². The Balaban J connectivity index is 3.32. The summed E-state index contributed by atoms with van der Waals surface area (Å²) in [4.78, 5) is 0. The molecule has 0 saturated carbocycles. The molecule has 1 aromatic heterocycles. The first kappa shape index (κ1) is 13.1. The van der Waals surface area contributed by atoms with Gasteiger partial charge >= 0.3 is 6.30 Å². The van der Waals surface area contributed by atoms with E-state index in [4.69, 9.17) is 5.26 Å². The van der Waals surface area contributed by atoms with Crippen LogP contribution in [-0.2, 0) is 11.7 Å². The van der Waals surface area contributed by atoms with Gasteiger partial charge in [0.15, 0.2) is 0 Å². The van der Waals surface area contributed by atoms with E-state index in [1.807, 2.05) is 0 Å². The molecule has 0 aromatic carbocycles. The van der Waals surface area contributed by atoms with Crippen molar-refractivity contribution in [3.63, 3.8) is 0 Å². The molecule has 0 unspecified atom stereocenters. The highest BCUT2D eigenvalue weighted by molar-refractivity contribution is 9.09. The lowest BCUT2D eigenvalue weighted by Crippen LogP contribution is -2.20. The summed E-state index contributed by atoms with van der Waals surface area (Å²) in [6, 6.07) is 1.79. The van der Waals surface area contributed by atoms with Gasteiger partial charge in [-0.05, 0) is 5.56 Å². The number of nitrogens with zero attached hydrogens (tertiary/aromatic N) is 2. The molecular formula is C10H10BrF3N2. The van der Waals surface area contributed by atoms with Crippen molar-refractivity contribution < 1.29 is 13.2 Å².